The SMILES string of the molecule is COc1ccc(OCC(=O)NC(CN2CCOCC2)c2ccccc2)cc1. The second kappa shape index (κ2) is 9.94. The predicted molar refractivity (Wildman–Crippen MR) is 103 cm³/mol. The van der Waals surface area contributed by atoms with E-state index < -0.39 is 0 Å². The molecule has 1 fully saturated rings. The number of nitrogens with one attached hydrogen (secondary N) is 1. The van der Waals surface area contributed by atoms with Crippen LogP contribution >= 0.6 is 0 Å². The number of carbonyl (C=O) groups is 1. The molecule has 0 spiro atoms. The lowest BCUT2D eigenvalue weighted by molar-refractivity contribution is -0.124. The van der Waals surface area contributed by atoms with Gasteiger partial charge in [-0.3, -0.25) is 9.69 Å². The zero-order valence-electron chi connectivity index (χ0n) is 15.6. The molecule has 0 saturated carbocycles. The van der Waals surface area contributed by atoms with Gasteiger partial charge in [0.1, 0.15) is 11.5 Å². The molecule has 6 heteroatoms. The number of hydrogen-bond donors (Lipinski definition) is 1. The minimum atomic E-state index is -0.145. The van der Waals surface area contributed by atoms with Gasteiger partial charge in [0.15, 0.2) is 6.61 Å². The molecular weight excluding hydrogens is 344 g/mol. The van der Waals surface area contributed by atoms with Crippen LogP contribution in [0, 0.1) is 0 Å². The van der Waals surface area contributed by atoms with Gasteiger partial charge in [-0.1, -0.05) is 30.3 Å². The molecule has 1 heterocycles. The first-order valence-corrected chi connectivity index (χ1v) is 9.16. The Bertz CT molecular complexity index is 700. The second-order valence-corrected chi connectivity index (χ2v) is 6.41. The van der Waals surface area contributed by atoms with Crippen LogP contribution in [0.2, 0.25) is 0 Å². The third kappa shape index (κ3) is 5.98. The zero-order valence-corrected chi connectivity index (χ0v) is 15.6. The molecule has 2 aromatic rings. The first-order chi connectivity index (χ1) is 13.2. The molecule has 1 aliphatic heterocycles. The number of rotatable bonds is 8. The molecular formula is C21H26N2O4. The molecule has 0 bridgehead atoms. The molecule has 27 heavy (non-hydrogen) atoms. The normalized spacial score (nSPS) is 15.7. The highest BCUT2D eigenvalue weighted by molar-refractivity contribution is 5.78. The Balaban J connectivity index is 1.57. The van der Waals surface area contributed by atoms with Crippen molar-refractivity contribution >= 4 is 5.91 Å². The average molecular weight is 370 g/mol. The Kier molecular flexibility index (Phi) is 7.07. The van der Waals surface area contributed by atoms with Crippen LogP contribution in [-0.2, 0) is 9.53 Å². The van der Waals surface area contributed by atoms with Crippen molar-refractivity contribution in [2.45, 2.75) is 6.04 Å². The highest BCUT2D eigenvalue weighted by Gasteiger charge is 2.20. The number of ether oxygens (including phenoxy) is 3. The monoisotopic (exact) mass is 370 g/mol. The van der Waals surface area contributed by atoms with E-state index in [9.17, 15) is 4.79 Å². The Morgan fingerprint density at radius 3 is 2.41 bits per heavy atom. The summed E-state index contributed by atoms with van der Waals surface area (Å²) in [6.07, 6.45) is 0. The molecule has 1 amide bonds. The van der Waals surface area contributed by atoms with Gasteiger partial charge in [-0.05, 0) is 29.8 Å². The largest absolute Gasteiger partial charge is 0.497 e. The smallest absolute Gasteiger partial charge is 0.258 e. The van der Waals surface area contributed by atoms with Gasteiger partial charge in [-0.25, -0.2) is 0 Å². The molecule has 1 atom stereocenters. The van der Waals surface area contributed by atoms with E-state index in [-0.39, 0.29) is 18.6 Å². The van der Waals surface area contributed by atoms with Crippen molar-refractivity contribution < 1.29 is 19.0 Å². The van der Waals surface area contributed by atoms with Crippen LogP contribution in [0.15, 0.2) is 54.6 Å². The summed E-state index contributed by atoms with van der Waals surface area (Å²) >= 11 is 0. The van der Waals surface area contributed by atoms with Crippen molar-refractivity contribution in [3.8, 4) is 11.5 Å². The summed E-state index contributed by atoms with van der Waals surface area (Å²) in [6.45, 7) is 3.94. The van der Waals surface area contributed by atoms with E-state index >= 15 is 0 Å². The van der Waals surface area contributed by atoms with Gasteiger partial charge in [0.05, 0.1) is 26.4 Å². The van der Waals surface area contributed by atoms with Crippen molar-refractivity contribution in [1.29, 1.82) is 0 Å². The fourth-order valence-electron chi connectivity index (χ4n) is 3.02. The maximum absolute atomic E-state index is 12.5. The third-order valence-corrected chi connectivity index (χ3v) is 4.51. The highest BCUT2D eigenvalue weighted by atomic mass is 16.5. The third-order valence-electron chi connectivity index (χ3n) is 4.51. The van der Waals surface area contributed by atoms with Gasteiger partial charge in [-0.15, -0.1) is 0 Å². The van der Waals surface area contributed by atoms with Crippen molar-refractivity contribution in [2.75, 3.05) is 46.6 Å². The van der Waals surface area contributed by atoms with Gasteiger partial charge in [0.2, 0.25) is 0 Å². The van der Waals surface area contributed by atoms with Gasteiger partial charge < -0.3 is 19.5 Å². The summed E-state index contributed by atoms with van der Waals surface area (Å²) in [7, 11) is 1.61. The minimum Gasteiger partial charge on any atom is -0.497 e. The zero-order chi connectivity index (χ0) is 18.9. The van der Waals surface area contributed by atoms with Crippen LogP contribution in [0.1, 0.15) is 11.6 Å². The van der Waals surface area contributed by atoms with E-state index in [2.05, 4.69) is 10.2 Å². The lowest BCUT2D eigenvalue weighted by atomic mass is 10.1. The molecule has 0 aromatic heterocycles. The maximum atomic E-state index is 12.5. The van der Waals surface area contributed by atoms with E-state index in [4.69, 9.17) is 14.2 Å². The van der Waals surface area contributed by atoms with E-state index in [0.29, 0.717) is 5.75 Å². The Labute approximate surface area is 160 Å². The minimum absolute atomic E-state index is 0.0290. The van der Waals surface area contributed by atoms with Crippen molar-refractivity contribution in [2.24, 2.45) is 0 Å². The van der Waals surface area contributed by atoms with Gasteiger partial charge >= 0.3 is 0 Å². The van der Waals surface area contributed by atoms with Crippen LogP contribution < -0.4 is 14.8 Å². The molecule has 1 unspecified atom stereocenters. The average Bonchev–Trinajstić information content (AvgIpc) is 2.73. The fraction of sp³-hybridized carbons (Fsp3) is 0.381. The highest BCUT2D eigenvalue weighted by Crippen LogP contribution is 2.18. The van der Waals surface area contributed by atoms with Gasteiger partial charge in [0.25, 0.3) is 5.91 Å². The fourth-order valence-corrected chi connectivity index (χ4v) is 3.02. The standard InChI is InChI=1S/C21H26N2O4/c1-25-18-7-9-19(10-8-18)27-16-21(24)22-20(17-5-3-2-4-6-17)15-23-11-13-26-14-12-23/h2-10,20H,11-16H2,1H3,(H,22,24). The summed E-state index contributed by atoms with van der Waals surface area (Å²) in [5.41, 5.74) is 1.08. The van der Waals surface area contributed by atoms with Crippen LogP contribution in [0.5, 0.6) is 11.5 Å². The van der Waals surface area contributed by atoms with Crippen LogP contribution in [0.4, 0.5) is 0 Å². The Morgan fingerprint density at radius 2 is 1.74 bits per heavy atom. The summed E-state index contributed by atoms with van der Waals surface area (Å²) in [5, 5.41) is 3.10. The van der Waals surface area contributed by atoms with Gasteiger partial charge in [0, 0.05) is 19.6 Å². The van der Waals surface area contributed by atoms with Crippen molar-refractivity contribution in [1.82, 2.24) is 10.2 Å². The summed E-state index contributed by atoms with van der Waals surface area (Å²) in [5.74, 6) is 1.24. The van der Waals surface area contributed by atoms with E-state index in [0.717, 1.165) is 44.2 Å². The molecule has 144 valence electrons. The van der Waals surface area contributed by atoms with E-state index in [1.54, 1.807) is 31.4 Å². The molecule has 1 aliphatic rings. The molecule has 1 N–H and O–H groups in total. The summed E-state index contributed by atoms with van der Waals surface area (Å²) < 4.78 is 16.1. The number of benzene rings is 2. The van der Waals surface area contributed by atoms with Crippen molar-refractivity contribution in [3.63, 3.8) is 0 Å². The molecule has 0 aliphatic carbocycles. The first-order valence-electron chi connectivity index (χ1n) is 9.16. The maximum Gasteiger partial charge on any atom is 0.258 e. The Morgan fingerprint density at radius 1 is 1.07 bits per heavy atom. The first kappa shape index (κ1) is 19.2. The molecule has 1 saturated heterocycles. The van der Waals surface area contributed by atoms with Crippen LogP contribution in [0.3, 0.4) is 0 Å². The van der Waals surface area contributed by atoms with Gasteiger partial charge in [-0.2, -0.15) is 0 Å². The van der Waals surface area contributed by atoms with Crippen LogP contribution in [0.25, 0.3) is 0 Å². The van der Waals surface area contributed by atoms with E-state index in [1.807, 2.05) is 30.3 Å². The van der Waals surface area contributed by atoms with Crippen LogP contribution in [-0.4, -0.2) is 57.4 Å². The number of hydrogen-bond acceptors (Lipinski definition) is 5. The molecule has 0 radical (unpaired) electrons. The number of morpholine rings is 1. The topological polar surface area (TPSA) is 60.0 Å². The number of amides is 1. The van der Waals surface area contributed by atoms with E-state index in [1.165, 1.54) is 0 Å². The number of nitrogens with zero attached hydrogens (tertiary/aromatic N) is 1. The Hall–Kier alpha value is -2.57. The summed E-state index contributed by atoms with van der Waals surface area (Å²) in [4.78, 5) is 14.8. The lowest BCUT2D eigenvalue weighted by Crippen LogP contribution is -2.44. The van der Waals surface area contributed by atoms with Crippen molar-refractivity contribution in [3.05, 3.63) is 60.2 Å². The molecule has 2 aromatic carbocycles. The number of carbonyl (C=O) groups excluding carboxylic acids is 1. The predicted octanol–water partition coefficient (Wildman–Crippen LogP) is 2.26. The second-order valence-electron chi connectivity index (χ2n) is 6.41. The molecule has 3 rings (SSSR count). The lowest BCUT2D eigenvalue weighted by Gasteiger charge is -2.31. The number of methoxy groups -OCH3 is 1. The molecule has 6 nitrogen and oxygen atoms in total. The summed E-state index contributed by atoms with van der Waals surface area (Å²) in [6, 6.07) is 17.1. The quantitative estimate of drug-likeness (QED) is 0.772.